The number of hydrogen-bond acceptors (Lipinski definition) is 5. The lowest BCUT2D eigenvalue weighted by atomic mass is 10.2. The molecule has 0 fully saturated rings. The summed E-state index contributed by atoms with van der Waals surface area (Å²) in [4.78, 5) is 15.0. The van der Waals surface area contributed by atoms with Crippen molar-refractivity contribution in [1.82, 2.24) is 10.1 Å². The van der Waals surface area contributed by atoms with E-state index in [-0.39, 0.29) is 11.7 Å². The van der Waals surface area contributed by atoms with Gasteiger partial charge in [0.2, 0.25) is 0 Å². The van der Waals surface area contributed by atoms with Crippen LogP contribution in [0.5, 0.6) is 0 Å². The normalized spacial score (nSPS) is 10.9. The van der Waals surface area contributed by atoms with Gasteiger partial charge in [-0.05, 0) is 28.7 Å². The molecule has 0 amide bonds. The zero-order valence-corrected chi connectivity index (χ0v) is 9.57. The Balaban J connectivity index is 2.10. The van der Waals surface area contributed by atoms with E-state index in [2.05, 4.69) is 10.1 Å². The zero-order valence-electron chi connectivity index (χ0n) is 8.75. The van der Waals surface area contributed by atoms with Crippen molar-refractivity contribution in [3.63, 3.8) is 0 Å². The molecule has 1 N–H and O–H groups in total. The first-order valence-electron chi connectivity index (χ1n) is 4.90. The Morgan fingerprint density at radius 3 is 2.94 bits per heavy atom. The number of carboxylic acids is 1. The summed E-state index contributed by atoms with van der Waals surface area (Å²) in [7, 11) is 0. The number of nitrogens with zero attached hydrogens (tertiary/aromatic N) is 2. The average molecular weight is 264 g/mol. The van der Waals surface area contributed by atoms with Crippen molar-refractivity contribution in [2.24, 2.45) is 0 Å². The van der Waals surface area contributed by atoms with Gasteiger partial charge in [0.05, 0.1) is 4.88 Å². The van der Waals surface area contributed by atoms with Crippen molar-refractivity contribution in [2.45, 2.75) is 0 Å². The van der Waals surface area contributed by atoms with E-state index in [1.54, 1.807) is 12.1 Å². The molecular formula is C11H5FN2O3S. The maximum Gasteiger partial charge on any atom is 0.377 e. The molecule has 0 saturated heterocycles. The Hall–Kier alpha value is -2.28. The number of carboxylic acid groups (broad SMARTS) is 1. The van der Waals surface area contributed by atoms with Gasteiger partial charge in [0.15, 0.2) is 0 Å². The Morgan fingerprint density at radius 2 is 2.22 bits per heavy atom. The Labute approximate surface area is 103 Å². The van der Waals surface area contributed by atoms with Crippen molar-refractivity contribution in [3.05, 3.63) is 35.9 Å². The lowest BCUT2D eigenvalue weighted by Crippen LogP contribution is -1.97. The Bertz CT molecular complexity index is 750. The van der Waals surface area contributed by atoms with Gasteiger partial charge in [-0.15, -0.1) is 11.3 Å². The third-order valence-corrected chi connectivity index (χ3v) is 3.40. The fourth-order valence-corrected chi connectivity index (χ4v) is 2.53. The maximum atomic E-state index is 13.0. The molecule has 0 aliphatic heterocycles. The minimum Gasteiger partial charge on any atom is -0.475 e. The lowest BCUT2D eigenvalue weighted by Gasteiger charge is -1.86. The van der Waals surface area contributed by atoms with E-state index in [9.17, 15) is 9.18 Å². The van der Waals surface area contributed by atoms with Crippen LogP contribution in [0.25, 0.3) is 20.9 Å². The van der Waals surface area contributed by atoms with Gasteiger partial charge in [-0.2, -0.15) is 4.98 Å². The molecule has 7 heteroatoms. The van der Waals surface area contributed by atoms with Crippen molar-refractivity contribution in [3.8, 4) is 10.8 Å². The van der Waals surface area contributed by atoms with Gasteiger partial charge < -0.3 is 9.63 Å². The van der Waals surface area contributed by atoms with Crippen LogP contribution in [0.15, 0.2) is 28.8 Å². The van der Waals surface area contributed by atoms with E-state index in [1.807, 2.05) is 0 Å². The summed E-state index contributed by atoms with van der Waals surface area (Å²) in [5.74, 6) is -1.85. The van der Waals surface area contributed by atoms with Crippen LogP contribution in [0.4, 0.5) is 4.39 Å². The molecule has 1 aromatic carbocycles. The number of carbonyl (C=O) groups is 1. The molecule has 0 unspecified atom stereocenters. The van der Waals surface area contributed by atoms with Crippen LogP contribution in [0.2, 0.25) is 0 Å². The van der Waals surface area contributed by atoms with Gasteiger partial charge in [0.25, 0.3) is 11.7 Å². The molecule has 0 saturated carbocycles. The number of hydrogen-bond donors (Lipinski definition) is 1. The number of benzene rings is 1. The molecule has 0 radical (unpaired) electrons. The molecule has 3 aromatic rings. The molecule has 2 heterocycles. The molecule has 0 aliphatic carbocycles. The second-order valence-electron chi connectivity index (χ2n) is 3.52. The van der Waals surface area contributed by atoms with Gasteiger partial charge in [-0.3, -0.25) is 0 Å². The van der Waals surface area contributed by atoms with Gasteiger partial charge >= 0.3 is 5.97 Å². The quantitative estimate of drug-likeness (QED) is 0.770. The summed E-state index contributed by atoms with van der Waals surface area (Å²) in [5.41, 5.74) is 0. The smallest absolute Gasteiger partial charge is 0.377 e. The van der Waals surface area contributed by atoms with E-state index in [0.29, 0.717) is 4.88 Å². The number of aromatic nitrogens is 2. The van der Waals surface area contributed by atoms with Crippen molar-refractivity contribution >= 4 is 27.4 Å². The molecule has 0 spiro atoms. The third-order valence-electron chi connectivity index (χ3n) is 2.31. The highest BCUT2D eigenvalue weighted by molar-refractivity contribution is 7.22. The number of halogens is 1. The van der Waals surface area contributed by atoms with Crippen LogP contribution in [0.1, 0.15) is 10.6 Å². The predicted molar refractivity (Wildman–Crippen MR) is 62.0 cm³/mol. The first kappa shape index (κ1) is 10.8. The summed E-state index contributed by atoms with van der Waals surface area (Å²) < 4.78 is 18.6. The van der Waals surface area contributed by atoms with Crippen LogP contribution in [0, 0.1) is 5.82 Å². The number of thiophene rings is 1. The largest absolute Gasteiger partial charge is 0.475 e. The zero-order chi connectivity index (χ0) is 12.7. The minimum absolute atomic E-state index is 0.119. The SMILES string of the molecule is O=C(O)c1noc(-c2cc3ccc(F)cc3s2)n1. The van der Waals surface area contributed by atoms with Crippen LogP contribution >= 0.6 is 11.3 Å². The monoisotopic (exact) mass is 264 g/mol. The maximum absolute atomic E-state index is 13.0. The fraction of sp³-hybridized carbons (Fsp3) is 0. The molecule has 0 atom stereocenters. The standard InChI is InChI=1S/C11H5FN2O3S/c12-6-2-1-5-3-8(18-7(5)4-6)10-13-9(11(15)16)14-17-10/h1-4H,(H,15,16). The second-order valence-corrected chi connectivity index (χ2v) is 4.60. The highest BCUT2D eigenvalue weighted by Crippen LogP contribution is 2.32. The second kappa shape index (κ2) is 3.88. The van der Waals surface area contributed by atoms with Crippen LogP contribution in [-0.2, 0) is 0 Å². The fourth-order valence-electron chi connectivity index (χ4n) is 1.52. The summed E-state index contributed by atoms with van der Waals surface area (Å²) in [6.07, 6.45) is 0. The molecule has 0 aliphatic rings. The van der Waals surface area contributed by atoms with E-state index in [0.717, 1.165) is 10.1 Å². The van der Waals surface area contributed by atoms with E-state index in [4.69, 9.17) is 9.63 Å². The first-order valence-corrected chi connectivity index (χ1v) is 5.71. The molecular weight excluding hydrogens is 259 g/mol. The summed E-state index contributed by atoms with van der Waals surface area (Å²) in [6.45, 7) is 0. The van der Waals surface area contributed by atoms with Gasteiger partial charge in [0, 0.05) is 4.70 Å². The Kier molecular flexibility index (Phi) is 2.34. The molecule has 3 rings (SSSR count). The first-order chi connectivity index (χ1) is 8.63. The van der Waals surface area contributed by atoms with E-state index < -0.39 is 11.8 Å². The molecule has 18 heavy (non-hydrogen) atoms. The lowest BCUT2D eigenvalue weighted by molar-refractivity contribution is 0.0680. The molecule has 0 bridgehead atoms. The van der Waals surface area contributed by atoms with Crippen molar-refractivity contribution in [1.29, 1.82) is 0 Å². The number of aromatic carboxylic acids is 1. The third kappa shape index (κ3) is 1.74. The van der Waals surface area contributed by atoms with E-state index in [1.165, 1.54) is 23.5 Å². The van der Waals surface area contributed by atoms with Gasteiger partial charge in [0.1, 0.15) is 5.82 Å². The Morgan fingerprint density at radius 1 is 1.39 bits per heavy atom. The number of fused-ring (bicyclic) bond motifs is 1. The number of rotatable bonds is 2. The summed E-state index contributed by atoms with van der Waals surface area (Å²) >= 11 is 1.26. The van der Waals surface area contributed by atoms with Crippen molar-refractivity contribution < 1.29 is 18.8 Å². The topological polar surface area (TPSA) is 76.2 Å². The molecule has 2 aromatic heterocycles. The van der Waals surface area contributed by atoms with E-state index >= 15 is 0 Å². The highest BCUT2D eigenvalue weighted by Gasteiger charge is 2.16. The van der Waals surface area contributed by atoms with Crippen molar-refractivity contribution in [2.75, 3.05) is 0 Å². The van der Waals surface area contributed by atoms with Crippen LogP contribution in [0.3, 0.4) is 0 Å². The summed E-state index contributed by atoms with van der Waals surface area (Å²) in [6, 6.07) is 6.14. The summed E-state index contributed by atoms with van der Waals surface area (Å²) in [5, 5.41) is 12.9. The molecule has 5 nitrogen and oxygen atoms in total. The minimum atomic E-state index is -1.25. The average Bonchev–Trinajstić information content (AvgIpc) is 2.93. The van der Waals surface area contributed by atoms with Gasteiger partial charge in [-0.1, -0.05) is 6.07 Å². The predicted octanol–water partition coefficient (Wildman–Crippen LogP) is 2.79. The van der Waals surface area contributed by atoms with Gasteiger partial charge in [-0.25, -0.2) is 9.18 Å². The van der Waals surface area contributed by atoms with Crippen LogP contribution < -0.4 is 0 Å². The highest BCUT2D eigenvalue weighted by atomic mass is 32.1. The van der Waals surface area contributed by atoms with Crippen LogP contribution in [-0.4, -0.2) is 21.2 Å². The molecule has 90 valence electrons.